The van der Waals surface area contributed by atoms with Gasteiger partial charge in [-0.05, 0) is 105 Å². The van der Waals surface area contributed by atoms with Crippen LogP contribution in [0.3, 0.4) is 0 Å². The van der Waals surface area contributed by atoms with E-state index in [1.807, 2.05) is 4.68 Å². The van der Waals surface area contributed by atoms with Gasteiger partial charge in [0.1, 0.15) is 6.33 Å². The molecule has 0 radical (unpaired) electrons. The lowest BCUT2D eigenvalue weighted by Gasteiger charge is -2.71. The third-order valence-corrected chi connectivity index (χ3v) is 16.8. The summed E-state index contributed by atoms with van der Waals surface area (Å²) >= 11 is 0. The number of anilines is 1. The molecule has 49 heavy (non-hydrogen) atoms. The Morgan fingerprint density at radius 1 is 1.12 bits per heavy atom. The molecule has 3 N–H and O–H groups in total. The van der Waals surface area contributed by atoms with Gasteiger partial charge in [-0.3, -0.25) is 4.79 Å². The van der Waals surface area contributed by atoms with Gasteiger partial charge in [0.2, 0.25) is 5.95 Å². The summed E-state index contributed by atoms with van der Waals surface area (Å²) in [6, 6.07) is -0.0532. The lowest BCUT2D eigenvalue weighted by atomic mass is 9.34. The van der Waals surface area contributed by atoms with Crippen LogP contribution < -0.4 is 5.73 Å². The number of carbonyl (C=O) groups is 1. The highest BCUT2D eigenvalue weighted by atomic mass is 16.5. The van der Waals surface area contributed by atoms with Gasteiger partial charge >= 0.3 is 5.97 Å². The monoisotopic (exact) mass is 682 g/mol. The van der Waals surface area contributed by atoms with Crippen LogP contribution in [-0.4, -0.2) is 76.3 Å². The fourth-order valence-electron chi connectivity index (χ4n) is 12.7. The van der Waals surface area contributed by atoms with Gasteiger partial charge < -0.3 is 25.2 Å². The Morgan fingerprint density at radius 2 is 1.82 bits per heavy atom. The Kier molecular flexibility index (Phi) is 9.05. The molecule has 5 aliphatic rings. The number of fused-ring (bicyclic) bond motifs is 3. The lowest BCUT2D eigenvalue weighted by Crippen LogP contribution is -2.69. The summed E-state index contributed by atoms with van der Waals surface area (Å²) in [6.45, 7) is 25.0. The quantitative estimate of drug-likeness (QED) is 0.260. The summed E-state index contributed by atoms with van der Waals surface area (Å²) in [5.74, 6) is 1.11. The molecule has 0 amide bonds. The van der Waals surface area contributed by atoms with Crippen LogP contribution >= 0.6 is 0 Å². The van der Waals surface area contributed by atoms with Crippen molar-refractivity contribution in [2.45, 2.75) is 125 Å². The van der Waals surface area contributed by atoms with E-state index in [1.165, 1.54) is 5.57 Å². The van der Waals surface area contributed by atoms with E-state index in [0.717, 1.165) is 38.5 Å². The zero-order valence-corrected chi connectivity index (χ0v) is 32.7. The van der Waals surface area contributed by atoms with Crippen molar-refractivity contribution in [1.82, 2.24) is 19.7 Å². The predicted octanol–water partition coefficient (Wildman–Crippen LogP) is 7.35. The number of carboxylic acids is 1. The molecule has 276 valence electrons. The van der Waals surface area contributed by atoms with E-state index in [9.17, 15) is 9.90 Å². The fourth-order valence-corrected chi connectivity index (χ4v) is 12.7. The average molecular weight is 682 g/mol. The summed E-state index contributed by atoms with van der Waals surface area (Å²) in [7, 11) is 4.29. The maximum absolute atomic E-state index is 13.5. The summed E-state index contributed by atoms with van der Waals surface area (Å²) in [5, 5.41) is 15.8. The molecule has 4 fully saturated rings. The van der Waals surface area contributed by atoms with Crippen LogP contribution in [0, 0.1) is 62.6 Å². The molecule has 2 heterocycles. The van der Waals surface area contributed by atoms with E-state index in [1.54, 1.807) is 6.33 Å². The van der Waals surface area contributed by atoms with Gasteiger partial charge in [0.15, 0.2) is 0 Å². The summed E-state index contributed by atoms with van der Waals surface area (Å²) in [6.07, 6.45) is 9.99. The Labute approximate surface area is 296 Å². The van der Waals surface area contributed by atoms with Crippen molar-refractivity contribution in [2.75, 3.05) is 39.6 Å². The first kappa shape index (κ1) is 36.8. The van der Waals surface area contributed by atoms with Crippen LogP contribution in [0.2, 0.25) is 0 Å². The molecule has 1 aromatic heterocycles. The molecule has 0 unspecified atom stereocenters. The van der Waals surface area contributed by atoms with Crippen molar-refractivity contribution >= 4 is 11.9 Å². The standard InChI is InChI=1S/C40H67N5O4/c1-24(2)26(5)35(6)17-18-37(8)27-13-14-30-36(7)20-48-22-40(30,28(27)15-16-38(37,9)31(35)33(46)47)19-29(45-23-42-34(41)43-45)32(36)49-21-39(10,25(3)4)44(11)12/h15,23-27,29-32H,13-14,16-22H2,1-12H3,(H2,41,43)(H,46,47)/t26-,27+,29-,30+,31-,32+,35-,36-,37-,38+,39-,40+/m1/s1. The maximum Gasteiger partial charge on any atom is 0.307 e. The van der Waals surface area contributed by atoms with Crippen molar-refractivity contribution in [3.8, 4) is 0 Å². The van der Waals surface area contributed by atoms with Gasteiger partial charge in [0.25, 0.3) is 0 Å². The second kappa shape index (κ2) is 12.0. The van der Waals surface area contributed by atoms with Gasteiger partial charge in [-0.2, -0.15) is 0 Å². The van der Waals surface area contributed by atoms with Crippen LogP contribution in [0.15, 0.2) is 18.0 Å². The zero-order valence-electron chi connectivity index (χ0n) is 32.7. The summed E-state index contributed by atoms with van der Waals surface area (Å²) < 4.78 is 15.9. The number of aromatic nitrogens is 3. The highest BCUT2D eigenvalue weighted by Crippen LogP contribution is 2.75. The number of carboxylic acid groups (broad SMARTS) is 1. The van der Waals surface area contributed by atoms with E-state index >= 15 is 0 Å². The third-order valence-electron chi connectivity index (χ3n) is 16.8. The van der Waals surface area contributed by atoms with Crippen molar-refractivity contribution in [1.29, 1.82) is 0 Å². The number of nitrogen functional groups attached to an aromatic ring is 1. The first-order valence-electron chi connectivity index (χ1n) is 19.2. The number of aliphatic carboxylic acids is 1. The average Bonchev–Trinajstić information content (AvgIpc) is 3.45. The van der Waals surface area contributed by atoms with Crippen LogP contribution in [0.4, 0.5) is 5.95 Å². The Hall–Kier alpha value is -1.97. The molecule has 1 saturated heterocycles. The molecule has 4 aliphatic carbocycles. The number of hydrogen-bond acceptors (Lipinski definition) is 7. The highest BCUT2D eigenvalue weighted by Gasteiger charge is 2.72. The van der Waals surface area contributed by atoms with Crippen molar-refractivity contribution in [3.63, 3.8) is 0 Å². The topological polar surface area (TPSA) is 116 Å². The Bertz CT molecular complexity index is 1450. The normalized spacial score (nSPS) is 43.7. The predicted molar refractivity (Wildman–Crippen MR) is 194 cm³/mol. The number of nitrogens with two attached hydrogens (primary N) is 1. The third kappa shape index (κ3) is 5.04. The SMILES string of the molecule is CC(C)[C@@H](C)[C@@]1(C)CC[C@]2(C)[C@H]3CC[C@@H]4[C@@]5(COC[C@@]4(C)[C@@H](OC[C@](C)(C(C)C)N(C)C)[C@H](n4cnc(N)n4)C5)C3=CC[C@@]2(C)[C@@H]1C(=O)O. The van der Waals surface area contributed by atoms with E-state index in [2.05, 4.69) is 99.3 Å². The maximum atomic E-state index is 13.5. The smallest absolute Gasteiger partial charge is 0.307 e. The van der Waals surface area contributed by atoms with Crippen LogP contribution in [-0.2, 0) is 14.3 Å². The molecule has 2 bridgehead atoms. The van der Waals surface area contributed by atoms with Crippen LogP contribution in [0.25, 0.3) is 0 Å². The van der Waals surface area contributed by atoms with Gasteiger partial charge in [-0.1, -0.05) is 74.0 Å². The van der Waals surface area contributed by atoms with Gasteiger partial charge in [-0.25, -0.2) is 9.67 Å². The number of ether oxygens (including phenoxy) is 2. The van der Waals surface area contributed by atoms with E-state index < -0.39 is 11.9 Å². The number of rotatable bonds is 9. The molecule has 12 atom stereocenters. The number of hydrogen-bond donors (Lipinski definition) is 2. The summed E-state index contributed by atoms with van der Waals surface area (Å²) in [4.78, 5) is 20.2. The van der Waals surface area contributed by atoms with Crippen molar-refractivity contribution in [3.05, 3.63) is 18.0 Å². The number of nitrogens with zero attached hydrogens (tertiary/aromatic N) is 4. The van der Waals surface area contributed by atoms with E-state index in [-0.39, 0.29) is 50.7 Å². The van der Waals surface area contributed by atoms with Crippen LogP contribution in [0.5, 0.6) is 0 Å². The first-order valence-corrected chi connectivity index (χ1v) is 19.2. The molecule has 6 rings (SSSR count). The molecular weight excluding hydrogens is 614 g/mol. The molecule has 9 nitrogen and oxygen atoms in total. The van der Waals surface area contributed by atoms with E-state index in [0.29, 0.717) is 49.4 Å². The second-order valence-corrected chi connectivity index (χ2v) is 19.3. The second-order valence-electron chi connectivity index (χ2n) is 19.3. The van der Waals surface area contributed by atoms with Gasteiger partial charge in [0, 0.05) is 16.4 Å². The van der Waals surface area contributed by atoms with Crippen LogP contribution in [0.1, 0.15) is 114 Å². The summed E-state index contributed by atoms with van der Waals surface area (Å²) in [5.41, 5.74) is 6.39. The molecule has 0 aromatic carbocycles. The number of allylic oxidation sites excluding steroid dienone is 1. The zero-order chi connectivity index (χ0) is 36.1. The largest absolute Gasteiger partial charge is 0.481 e. The van der Waals surface area contributed by atoms with E-state index in [4.69, 9.17) is 20.3 Å². The number of likely N-dealkylation sites (N-methyl/N-ethyl adjacent to an activating group) is 1. The minimum Gasteiger partial charge on any atom is -0.481 e. The van der Waals surface area contributed by atoms with Gasteiger partial charge in [0.05, 0.1) is 37.9 Å². The molecule has 1 aromatic rings. The molecule has 9 heteroatoms. The lowest BCUT2D eigenvalue weighted by molar-refractivity contribution is -0.255. The first-order chi connectivity index (χ1) is 22.7. The molecule has 1 aliphatic heterocycles. The fraction of sp³-hybridized carbons (Fsp3) is 0.875. The van der Waals surface area contributed by atoms with Crippen molar-refractivity contribution < 1.29 is 19.4 Å². The Balaban J connectivity index is 1.44. The highest BCUT2D eigenvalue weighted by molar-refractivity contribution is 5.73. The van der Waals surface area contributed by atoms with Crippen molar-refractivity contribution in [2.24, 2.45) is 62.6 Å². The molecule has 0 spiro atoms. The van der Waals surface area contributed by atoms with Gasteiger partial charge in [-0.15, -0.1) is 5.10 Å². The Morgan fingerprint density at radius 3 is 2.39 bits per heavy atom. The minimum atomic E-state index is -0.617. The minimum absolute atomic E-state index is 0.0532. The molecule has 3 saturated carbocycles. The molecular formula is C40H67N5O4.